The van der Waals surface area contributed by atoms with Crippen LogP contribution in [0.3, 0.4) is 0 Å². The lowest BCUT2D eigenvalue weighted by molar-refractivity contribution is 0.355. The quantitative estimate of drug-likeness (QED) is 0.536. The van der Waals surface area contributed by atoms with Crippen molar-refractivity contribution in [1.29, 1.82) is 0 Å². The number of hydrogen-bond acceptors (Lipinski definition) is 5. The SMILES string of the molecule is COc1ccc(-c2cnc3ncc(-c4ccccc4OC)cn23)cc1OC. The molecule has 0 amide bonds. The van der Waals surface area contributed by atoms with Crippen LogP contribution in [0.4, 0.5) is 0 Å². The highest BCUT2D eigenvalue weighted by molar-refractivity contribution is 5.72. The predicted octanol–water partition coefficient (Wildman–Crippen LogP) is 4.09. The van der Waals surface area contributed by atoms with Crippen molar-refractivity contribution in [3.05, 3.63) is 61.1 Å². The molecule has 0 saturated heterocycles. The van der Waals surface area contributed by atoms with Crippen molar-refractivity contribution in [2.24, 2.45) is 0 Å². The molecule has 6 heteroatoms. The first-order chi connectivity index (χ1) is 13.2. The number of nitrogens with zero attached hydrogens (tertiary/aromatic N) is 3. The van der Waals surface area contributed by atoms with E-state index in [4.69, 9.17) is 14.2 Å². The lowest BCUT2D eigenvalue weighted by Crippen LogP contribution is -1.95. The fourth-order valence-electron chi connectivity index (χ4n) is 3.10. The molecule has 2 aromatic heterocycles. The van der Waals surface area contributed by atoms with E-state index < -0.39 is 0 Å². The van der Waals surface area contributed by atoms with Gasteiger partial charge in [0.15, 0.2) is 11.5 Å². The van der Waals surface area contributed by atoms with E-state index in [-0.39, 0.29) is 0 Å². The van der Waals surface area contributed by atoms with E-state index >= 15 is 0 Å². The highest BCUT2D eigenvalue weighted by Crippen LogP contribution is 2.34. The Morgan fingerprint density at radius 2 is 1.48 bits per heavy atom. The van der Waals surface area contributed by atoms with Crippen molar-refractivity contribution in [3.8, 4) is 39.6 Å². The van der Waals surface area contributed by atoms with E-state index in [0.717, 1.165) is 28.1 Å². The lowest BCUT2D eigenvalue weighted by atomic mass is 10.1. The monoisotopic (exact) mass is 361 g/mol. The summed E-state index contributed by atoms with van der Waals surface area (Å²) >= 11 is 0. The molecule has 4 aromatic rings. The van der Waals surface area contributed by atoms with Gasteiger partial charge in [-0.25, -0.2) is 9.97 Å². The molecule has 6 nitrogen and oxygen atoms in total. The first-order valence-electron chi connectivity index (χ1n) is 8.44. The zero-order valence-corrected chi connectivity index (χ0v) is 15.3. The van der Waals surface area contributed by atoms with E-state index in [9.17, 15) is 0 Å². The largest absolute Gasteiger partial charge is 0.496 e. The summed E-state index contributed by atoms with van der Waals surface area (Å²) in [4.78, 5) is 8.91. The van der Waals surface area contributed by atoms with E-state index in [1.165, 1.54) is 0 Å². The van der Waals surface area contributed by atoms with Crippen LogP contribution in [0.5, 0.6) is 17.2 Å². The molecule has 136 valence electrons. The number of methoxy groups -OCH3 is 3. The highest BCUT2D eigenvalue weighted by Gasteiger charge is 2.13. The first kappa shape index (κ1) is 16.9. The fourth-order valence-corrected chi connectivity index (χ4v) is 3.10. The van der Waals surface area contributed by atoms with Crippen molar-refractivity contribution in [3.63, 3.8) is 0 Å². The zero-order chi connectivity index (χ0) is 18.8. The van der Waals surface area contributed by atoms with E-state index in [2.05, 4.69) is 9.97 Å². The van der Waals surface area contributed by atoms with Gasteiger partial charge >= 0.3 is 0 Å². The summed E-state index contributed by atoms with van der Waals surface area (Å²) in [5.41, 5.74) is 3.79. The van der Waals surface area contributed by atoms with Crippen molar-refractivity contribution >= 4 is 5.78 Å². The number of ether oxygens (including phenoxy) is 3. The third kappa shape index (κ3) is 2.95. The molecule has 0 radical (unpaired) electrons. The van der Waals surface area contributed by atoms with E-state index in [1.807, 2.05) is 53.1 Å². The van der Waals surface area contributed by atoms with Crippen molar-refractivity contribution < 1.29 is 14.2 Å². The second-order valence-electron chi connectivity index (χ2n) is 5.93. The molecular formula is C21H19N3O3. The molecule has 0 aliphatic rings. The Morgan fingerprint density at radius 1 is 0.741 bits per heavy atom. The molecule has 0 unspecified atom stereocenters. The number of aromatic nitrogens is 3. The smallest absolute Gasteiger partial charge is 0.234 e. The van der Waals surface area contributed by atoms with Gasteiger partial charge in [-0.05, 0) is 24.3 Å². The summed E-state index contributed by atoms with van der Waals surface area (Å²) in [7, 11) is 4.91. The molecule has 0 fully saturated rings. The third-order valence-corrected chi connectivity index (χ3v) is 4.46. The number of rotatable bonds is 5. The summed E-state index contributed by atoms with van der Waals surface area (Å²) in [5, 5.41) is 0. The van der Waals surface area contributed by atoms with E-state index in [0.29, 0.717) is 17.3 Å². The first-order valence-corrected chi connectivity index (χ1v) is 8.44. The van der Waals surface area contributed by atoms with Gasteiger partial charge in [-0.2, -0.15) is 0 Å². The normalized spacial score (nSPS) is 10.8. The van der Waals surface area contributed by atoms with Gasteiger partial charge in [0.05, 0.1) is 33.2 Å². The molecule has 2 heterocycles. The minimum Gasteiger partial charge on any atom is -0.496 e. The Hall–Kier alpha value is -3.54. The molecule has 0 spiro atoms. The molecule has 27 heavy (non-hydrogen) atoms. The summed E-state index contributed by atoms with van der Waals surface area (Å²) in [6.45, 7) is 0. The summed E-state index contributed by atoms with van der Waals surface area (Å²) in [6, 6.07) is 13.6. The molecule has 0 saturated carbocycles. The van der Waals surface area contributed by atoms with Gasteiger partial charge in [-0.3, -0.25) is 4.40 Å². The molecule has 0 bridgehead atoms. The van der Waals surface area contributed by atoms with Crippen LogP contribution in [0.2, 0.25) is 0 Å². The van der Waals surface area contributed by atoms with Gasteiger partial charge in [0.1, 0.15) is 5.75 Å². The van der Waals surface area contributed by atoms with Crippen molar-refractivity contribution in [1.82, 2.24) is 14.4 Å². The van der Waals surface area contributed by atoms with Gasteiger partial charge < -0.3 is 14.2 Å². The highest BCUT2D eigenvalue weighted by atomic mass is 16.5. The van der Waals surface area contributed by atoms with Crippen LogP contribution in [0.1, 0.15) is 0 Å². The van der Waals surface area contributed by atoms with Crippen molar-refractivity contribution in [2.45, 2.75) is 0 Å². The Bertz CT molecular complexity index is 1100. The zero-order valence-electron chi connectivity index (χ0n) is 15.3. The minimum absolute atomic E-state index is 0.624. The maximum atomic E-state index is 5.48. The Morgan fingerprint density at radius 3 is 2.26 bits per heavy atom. The van der Waals surface area contributed by atoms with Gasteiger partial charge in [-0.15, -0.1) is 0 Å². The Balaban J connectivity index is 1.86. The summed E-state index contributed by atoms with van der Waals surface area (Å²) in [5.74, 6) is 2.77. The molecule has 0 atom stereocenters. The van der Waals surface area contributed by atoms with Crippen LogP contribution in [0.25, 0.3) is 28.2 Å². The van der Waals surface area contributed by atoms with Crippen LogP contribution in [0.15, 0.2) is 61.1 Å². The molecule has 0 N–H and O–H groups in total. The van der Waals surface area contributed by atoms with Crippen LogP contribution in [-0.4, -0.2) is 35.7 Å². The molecular weight excluding hydrogens is 342 g/mol. The van der Waals surface area contributed by atoms with Gasteiger partial charge in [0.25, 0.3) is 0 Å². The van der Waals surface area contributed by atoms with Crippen LogP contribution >= 0.6 is 0 Å². The molecule has 4 rings (SSSR count). The van der Waals surface area contributed by atoms with Crippen LogP contribution < -0.4 is 14.2 Å². The summed E-state index contributed by atoms with van der Waals surface area (Å²) < 4.78 is 18.2. The molecule has 0 aliphatic heterocycles. The maximum absolute atomic E-state index is 5.48. The van der Waals surface area contributed by atoms with Crippen LogP contribution in [0, 0.1) is 0 Å². The van der Waals surface area contributed by atoms with Gasteiger partial charge in [0, 0.05) is 29.1 Å². The minimum atomic E-state index is 0.624. The third-order valence-electron chi connectivity index (χ3n) is 4.46. The Labute approximate surface area is 157 Å². The number of hydrogen-bond donors (Lipinski definition) is 0. The predicted molar refractivity (Wildman–Crippen MR) is 104 cm³/mol. The van der Waals surface area contributed by atoms with Crippen LogP contribution in [-0.2, 0) is 0 Å². The number of imidazole rings is 1. The topological polar surface area (TPSA) is 57.9 Å². The number of benzene rings is 2. The van der Waals surface area contributed by atoms with Gasteiger partial charge in [-0.1, -0.05) is 18.2 Å². The second-order valence-corrected chi connectivity index (χ2v) is 5.93. The average Bonchev–Trinajstić information content (AvgIpc) is 3.16. The molecule has 0 aliphatic carbocycles. The molecule has 2 aromatic carbocycles. The maximum Gasteiger partial charge on any atom is 0.234 e. The Kier molecular flexibility index (Phi) is 4.38. The standard InChI is InChI=1S/C21H19N3O3/c1-25-18-7-5-4-6-16(18)15-11-22-21-23-12-17(24(21)13-15)14-8-9-19(26-2)20(10-14)27-3/h4-13H,1-3H3. The summed E-state index contributed by atoms with van der Waals surface area (Å²) in [6.07, 6.45) is 5.62. The average molecular weight is 361 g/mol. The number of para-hydroxylation sites is 1. The van der Waals surface area contributed by atoms with E-state index in [1.54, 1.807) is 33.7 Å². The van der Waals surface area contributed by atoms with Gasteiger partial charge in [0.2, 0.25) is 5.78 Å². The second kappa shape index (κ2) is 6.99. The lowest BCUT2D eigenvalue weighted by Gasteiger charge is -2.11. The van der Waals surface area contributed by atoms with Crippen molar-refractivity contribution in [2.75, 3.05) is 21.3 Å². The number of fused-ring (bicyclic) bond motifs is 1. The fraction of sp³-hybridized carbons (Fsp3) is 0.143.